The van der Waals surface area contributed by atoms with Crippen LogP contribution in [0.15, 0.2) is 36.4 Å². The maximum absolute atomic E-state index is 13.5. The normalized spacial score (nSPS) is 15.0. The molecule has 1 N–H and O–H groups in total. The molecule has 2 atom stereocenters. The molecule has 0 fully saturated rings. The summed E-state index contributed by atoms with van der Waals surface area (Å²) in [6.45, 7) is 5.14. The molecule has 3 nitrogen and oxygen atoms in total. The Labute approximate surface area is 157 Å². The van der Waals surface area contributed by atoms with Crippen molar-refractivity contribution in [3.63, 3.8) is 0 Å². The Bertz CT molecular complexity index is 780. The zero-order valence-electron chi connectivity index (χ0n) is 14.2. The van der Waals surface area contributed by atoms with Gasteiger partial charge in [0, 0.05) is 11.4 Å². The molecule has 0 bridgehead atoms. The van der Waals surface area contributed by atoms with E-state index in [-0.39, 0.29) is 10.7 Å². The van der Waals surface area contributed by atoms with E-state index in [1.807, 2.05) is 0 Å². The van der Waals surface area contributed by atoms with Crippen LogP contribution in [-0.4, -0.2) is 14.3 Å². The minimum atomic E-state index is -4.62. The van der Waals surface area contributed by atoms with Crippen LogP contribution in [0.5, 0.6) is 0 Å². The Kier molecular flexibility index (Phi) is 6.22. The zero-order valence-corrected chi connectivity index (χ0v) is 15.8. The molecule has 2 aromatic rings. The van der Waals surface area contributed by atoms with Crippen molar-refractivity contribution in [2.45, 2.75) is 37.7 Å². The van der Waals surface area contributed by atoms with Gasteiger partial charge in [-0.2, -0.15) is 13.2 Å². The topological polar surface area (TPSA) is 48.0 Å². The molecule has 1 aromatic carbocycles. The van der Waals surface area contributed by atoms with Gasteiger partial charge in [-0.3, -0.25) is 0 Å². The highest BCUT2D eigenvalue weighted by Gasteiger charge is 2.35. The third-order valence-corrected chi connectivity index (χ3v) is 5.27. The molecule has 0 radical (unpaired) electrons. The van der Waals surface area contributed by atoms with Crippen molar-refractivity contribution in [1.29, 1.82) is 0 Å². The summed E-state index contributed by atoms with van der Waals surface area (Å²) >= 11 is 4.18. The van der Waals surface area contributed by atoms with Crippen LogP contribution in [0.25, 0.3) is 0 Å². The van der Waals surface area contributed by atoms with E-state index < -0.39 is 39.8 Å². The first-order valence-electron chi connectivity index (χ1n) is 7.57. The van der Waals surface area contributed by atoms with Crippen molar-refractivity contribution in [1.82, 2.24) is 9.71 Å². The predicted octanol–water partition coefficient (Wildman–Crippen LogP) is 5.03. The zero-order chi connectivity index (χ0) is 19.7. The second kappa shape index (κ2) is 7.72. The van der Waals surface area contributed by atoms with Crippen molar-refractivity contribution < 1.29 is 22.1 Å². The minimum Gasteiger partial charge on any atom is -0.598 e. The van der Waals surface area contributed by atoms with Crippen LogP contribution in [0.1, 0.15) is 43.8 Å². The fourth-order valence-corrected chi connectivity index (χ4v) is 3.06. The molecule has 0 amide bonds. The van der Waals surface area contributed by atoms with Gasteiger partial charge in [0.25, 0.3) is 0 Å². The summed E-state index contributed by atoms with van der Waals surface area (Å²) in [6.07, 6.45) is -4.62. The van der Waals surface area contributed by atoms with E-state index in [0.717, 1.165) is 12.1 Å². The third kappa shape index (κ3) is 5.09. The van der Waals surface area contributed by atoms with Crippen LogP contribution in [0.3, 0.4) is 0 Å². The van der Waals surface area contributed by atoms with Crippen LogP contribution in [0.4, 0.5) is 17.6 Å². The number of pyridine rings is 1. The van der Waals surface area contributed by atoms with E-state index in [2.05, 4.69) is 9.71 Å². The van der Waals surface area contributed by atoms with Gasteiger partial charge in [-0.25, -0.2) is 9.37 Å². The number of hydrogen-bond acceptors (Lipinski definition) is 3. The highest BCUT2D eigenvalue weighted by Crippen LogP contribution is 2.31. The van der Waals surface area contributed by atoms with Gasteiger partial charge >= 0.3 is 6.18 Å². The predicted molar refractivity (Wildman–Crippen MR) is 93.5 cm³/mol. The molecule has 0 saturated heterocycles. The lowest BCUT2D eigenvalue weighted by Gasteiger charge is -2.28. The number of benzene rings is 1. The van der Waals surface area contributed by atoms with Gasteiger partial charge in [-0.05, 0) is 50.6 Å². The Morgan fingerprint density at radius 2 is 1.81 bits per heavy atom. The van der Waals surface area contributed by atoms with Crippen molar-refractivity contribution in [2.24, 2.45) is 0 Å². The first kappa shape index (κ1) is 21.0. The van der Waals surface area contributed by atoms with E-state index in [0.29, 0.717) is 5.56 Å². The van der Waals surface area contributed by atoms with E-state index in [9.17, 15) is 22.1 Å². The van der Waals surface area contributed by atoms with Crippen LogP contribution in [-0.2, 0) is 17.5 Å². The van der Waals surface area contributed by atoms with Crippen molar-refractivity contribution in [3.8, 4) is 0 Å². The summed E-state index contributed by atoms with van der Waals surface area (Å²) < 4.78 is 67.0. The number of halogens is 5. The molecule has 0 aliphatic rings. The molecule has 1 heterocycles. The first-order valence-corrected chi connectivity index (χ1v) is 9.09. The van der Waals surface area contributed by atoms with E-state index >= 15 is 0 Å². The van der Waals surface area contributed by atoms with Crippen LogP contribution >= 0.6 is 11.6 Å². The second-order valence-corrected chi connectivity index (χ2v) is 8.96. The second-order valence-electron chi connectivity index (χ2n) is 6.55. The molecule has 2 rings (SSSR count). The molecule has 9 heteroatoms. The maximum atomic E-state index is 13.5. The fraction of sp³-hybridized carbons (Fsp3) is 0.353. The molecule has 0 aliphatic heterocycles. The standard InChI is InChI=1S/C17H17ClF4N2OS/c1-16(2,3)26(25)24-15(10-7-8-12(19)11(18)9-10)13-5-4-6-14(23-13)17(20,21)22/h4-9,15,24H,1-3H3/t15-,26?/m1/s1. The summed E-state index contributed by atoms with van der Waals surface area (Å²) in [5, 5.41) is -0.192. The number of rotatable bonds is 4. The largest absolute Gasteiger partial charge is 0.598 e. The molecular weight excluding hydrogens is 392 g/mol. The molecule has 1 aromatic heterocycles. The maximum Gasteiger partial charge on any atom is 0.433 e. The summed E-state index contributed by atoms with van der Waals surface area (Å²) in [7, 11) is 0. The Balaban J connectivity index is 2.51. The smallest absolute Gasteiger partial charge is 0.433 e. The van der Waals surface area contributed by atoms with Crippen LogP contribution in [0.2, 0.25) is 5.02 Å². The quantitative estimate of drug-likeness (QED) is 0.570. The Morgan fingerprint density at radius 3 is 2.35 bits per heavy atom. The lowest BCUT2D eigenvalue weighted by atomic mass is 10.0. The summed E-state index contributed by atoms with van der Waals surface area (Å²) in [6, 6.07) is 6.21. The first-order chi connectivity index (χ1) is 11.9. The monoisotopic (exact) mass is 408 g/mol. The van der Waals surface area contributed by atoms with Gasteiger partial charge in [-0.1, -0.05) is 23.7 Å². The van der Waals surface area contributed by atoms with Gasteiger partial charge in [-0.15, -0.1) is 4.72 Å². The van der Waals surface area contributed by atoms with E-state index in [1.165, 1.54) is 24.3 Å². The number of alkyl halides is 3. The van der Waals surface area contributed by atoms with Gasteiger partial charge in [0.15, 0.2) is 0 Å². The van der Waals surface area contributed by atoms with Gasteiger partial charge in [0.1, 0.15) is 22.3 Å². The molecule has 142 valence electrons. The average molecular weight is 409 g/mol. The SMILES string of the molecule is CC(C)(C)[S+]([O-])N[C@H](c1ccc(F)c(Cl)c1)c1cccc(C(F)(F)F)n1. The number of hydrogen-bond donors (Lipinski definition) is 1. The summed E-state index contributed by atoms with van der Waals surface area (Å²) in [5.41, 5.74) is -0.725. The molecule has 0 spiro atoms. The van der Waals surface area contributed by atoms with Crippen molar-refractivity contribution in [2.75, 3.05) is 0 Å². The molecule has 26 heavy (non-hydrogen) atoms. The van der Waals surface area contributed by atoms with Gasteiger partial charge in [0.05, 0.1) is 10.7 Å². The Hall–Kier alpha value is -1.35. The number of aromatic nitrogens is 1. The average Bonchev–Trinajstić information content (AvgIpc) is 2.53. The lowest BCUT2D eigenvalue weighted by molar-refractivity contribution is -0.141. The highest BCUT2D eigenvalue weighted by atomic mass is 35.5. The highest BCUT2D eigenvalue weighted by molar-refractivity contribution is 7.90. The molecule has 1 unspecified atom stereocenters. The van der Waals surface area contributed by atoms with Crippen molar-refractivity contribution >= 4 is 23.0 Å². The van der Waals surface area contributed by atoms with Crippen molar-refractivity contribution in [3.05, 3.63) is 64.2 Å². The molecule has 0 aliphatic carbocycles. The Morgan fingerprint density at radius 1 is 1.15 bits per heavy atom. The molecular formula is C17H17ClF4N2OS. The van der Waals surface area contributed by atoms with E-state index in [4.69, 9.17) is 11.6 Å². The van der Waals surface area contributed by atoms with Crippen LogP contribution < -0.4 is 4.72 Å². The van der Waals surface area contributed by atoms with Crippen LogP contribution in [0, 0.1) is 5.82 Å². The van der Waals surface area contributed by atoms with E-state index in [1.54, 1.807) is 20.8 Å². The summed E-state index contributed by atoms with van der Waals surface area (Å²) in [5.74, 6) is -0.664. The minimum absolute atomic E-state index is 0.0000924. The fourth-order valence-electron chi connectivity index (χ4n) is 2.05. The number of nitrogens with zero attached hydrogens (tertiary/aromatic N) is 1. The number of nitrogens with one attached hydrogen (secondary N) is 1. The third-order valence-electron chi connectivity index (χ3n) is 3.41. The lowest BCUT2D eigenvalue weighted by Crippen LogP contribution is -2.41. The van der Waals surface area contributed by atoms with Gasteiger partial charge in [0.2, 0.25) is 0 Å². The molecule has 0 saturated carbocycles. The summed E-state index contributed by atoms with van der Waals surface area (Å²) in [4.78, 5) is 3.65. The van der Waals surface area contributed by atoms with Gasteiger partial charge < -0.3 is 4.55 Å².